The van der Waals surface area contributed by atoms with E-state index in [0.29, 0.717) is 12.0 Å². The van der Waals surface area contributed by atoms with Gasteiger partial charge in [-0.1, -0.05) is 13.8 Å². The molecular formula is C17H30N2O. The Bertz CT molecular complexity index is 338. The van der Waals surface area contributed by atoms with Crippen LogP contribution in [-0.2, 0) is 4.79 Å². The minimum atomic E-state index is -0.0451. The molecule has 4 aliphatic rings. The van der Waals surface area contributed by atoms with Crippen molar-refractivity contribution in [3.8, 4) is 0 Å². The highest BCUT2D eigenvalue weighted by atomic mass is 16.2. The number of rotatable bonds is 5. The topological polar surface area (TPSA) is 41.1 Å². The Kier molecular flexibility index (Phi) is 4.07. The molecule has 0 aliphatic heterocycles. The molecule has 4 saturated carbocycles. The number of hydrogen-bond acceptors (Lipinski definition) is 2. The fraction of sp³-hybridized carbons (Fsp3) is 0.941. The molecule has 3 heteroatoms. The molecule has 0 heterocycles. The number of nitrogens with one attached hydrogen (secondary N) is 2. The minimum Gasteiger partial charge on any atom is -0.354 e. The largest absolute Gasteiger partial charge is 0.354 e. The first-order valence-corrected chi connectivity index (χ1v) is 8.56. The summed E-state index contributed by atoms with van der Waals surface area (Å²) in [5, 5.41) is 6.73. The van der Waals surface area contributed by atoms with E-state index in [1.807, 2.05) is 6.92 Å². The van der Waals surface area contributed by atoms with Crippen LogP contribution in [0.15, 0.2) is 0 Å². The summed E-state index contributed by atoms with van der Waals surface area (Å²) >= 11 is 0. The van der Waals surface area contributed by atoms with Crippen LogP contribution in [-0.4, -0.2) is 24.5 Å². The average Bonchev–Trinajstić information content (AvgIpc) is 2.39. The van der Waals surface area contributed by atoms with E-state index in [2.05, 4.69) is 24.5 Å². The van der Waals surface area contributed by atoms with Crippen molar-refractivity contribution in [2.75, 3.05) is 6.54 Å². The van der Waals surface area contributed by atoms with Gasteiger partial charge in [-0.15, -0.1) is 0 Å². The summed E-state index contributed by atoms with van der Waals surface area (Å²) in [6.45, 7) is 7.08. The summed E-state index contributed by atoms with van der Waals surface area (Å²) < 4.78 is 0. The Labute approximate surface area is 123 Å². The van der Waals surface area contributed by atoms with Gasteiger partial charge in [-0.05, 0) is 68.6 Å². The lowest BCUT2D eigenvalue weighted by Crippen LogP contribution is -2.58. The Morgan fingerprint density at radius 3 is 2.05 bits per heavy atom. The molecule has 3 nitrogen and oxygen atoms in total. The molecule has 0 aromatic rings. The number of carbonyl (C=O) groups excluding carboxylic acids is 1. The number of carbonyl (C=O) groups is 1. The Balaban J connectivity index is 1.54. The number of hydrogen-bond donors (Lipinski definition) is 2. The summed E-state index contributed by atoms with van der Waals surface area (Å²) in [5.74, 6) is 4.37. The summed E-state index contributed by atoms with van der Waals surface area (Å²) in [5.41, 5.74) is 0. The molecule has 0 aromatic heterocycles. The first-order chi connectivity index (χ1) is 9.52. The van der Waals surface area contributed by atoms with E-state index in [4.69, 9.17) is 0 Å². The van der Waals surface area contributed by atoms with E-state index in [1.54, 1.807) is 0 Å². The predicted molar refractivity (Wildman–Crippen MR) is 81.3 cm³/mol. The third kappa shape index (κ3) is 2.88. The fourth-order valence-corrected chi connectivity index (χ4v) is 5.02. The van der Waals surface area contributed by atoms with E-state index in [9.17, 15) is 4.79 Å². The Morgan fingerprint density at radius 2 is 1.55 bits per heavy atom. The van der Waals surface area contributed by atoms with Crippen molar-refractivity contribution in [3.05, 3.63) is 0 Å². The van der Waals surface area contributed by atoms with Gasteiger partial charge in [0.25, 0.3) is 0 Å². The molecule has 1 unspecified atom stereocenters. The molecule has 114 valence electrons. The van der Waals surface area contributed by atoms with Gasteiger partial charge in [0.15, 0.2) is 0 Å². The Morgan fingerprint density at radius 1 is 1.00 bits per heavy atom. The van der Waals surface area contributed by atoms with Gasteiger partial charge in [0, 0.05) is 12.6 Å². The van der Waals surface area contributed by atoms with Crippen LogP contribution in [0.1, 0.15) is 52.9 Å². The number of amides is 1. The van der Waals surface area contributed by atoms with Crippen LogP contribution in [0.5, 0.6) is 0 Å². The molecule has 0 saturated heterocycles. The predicted octanol–water partition coefficient (Wildman–Crippen LogP) is 2.56. The van der Waals surface area contributed by atoms with Crippen LogP contribution < -0.4 is 10.6 Å². The lowest BCUT2D eigenvalue weighted by molar-refractivity contribution is -0.124. The first-order valence-electron chi connectivity index (χ1n) is 8.56. The van der Waals surface area contributed by atoms with Crippen LogP contribution in [0.4, 0.5) is 0 Å². The van der Waals surface area contributed by atoms with Crippen LogP contribution in [0, 0.1) is 29.6 Å². The summed E-state index contributed by atoms with van der Waals surface area (Å²) in [7, 11) is 0. The molecule has 20 heavy (non-hydrogen) atoms. The molecule has 4 rings (SSSR count). The maximum Gasteiger partial charge on any atom is 0.236 e. The summed E-state index contributed by atoms with van der Waals surface area (Å²) in [6.07, 6.45) is 7.12. The molecule has 4 aliphatic carbocycles. The molecule has 0 radical (unpaired) electrons. The molecular weight excluding hydrogens is 248 g/mol. The van der Waals surface area contributed by atoms with Gasteiger partial charge >= 0.3 is 0 Å². The van der Waals surface area contributed by atoms with E-state index in [-0.39, 0.29) is 11.9 Å². The fourth-order valence-electron chi connectivity index (χ4n) is 5.02. The van der Waals surface area contributed by atoms with E-state index in [0.717, 1.165) is 30.2 Å². The van der Waals surface area contributed by atoms with E-state index < -0.39 is 0 Å². The van der Waals surface area contributed by atoms with Crippen molar-refractivity contribution in [1.82, 2.24) is 10.6 Å². The molecule has 1 atom stereocenters. The maximum absolute atomic E-state index is 12.1. The summed E-state index contributed by atoms with van der Waals surface area (Å²) in [6, 6.07) is 0.555. The van der Waals surface area contributed by atoms with Crippen molar-refractivity contribution in [2.24, 2.45) is 29.6 Å². The third-order valence-corrected chi connectivity index (χ3v) is 5.75. The van der Waals surface area contributed by atoms with Gasteiger partial charge in [-0.3, -0.25) is 4.79 Å². The lowest BCUT2D eigenvalue weighted by Gasteiger charge is -2.55. The van der Waals surface area contributed by atoms with Crippen LogP contribution in [0.3, 0.4) is 0 Å². The van der Waals surface area contributed by atoms with Crippen molar-refractivity contribution in [1.29, 1.82) is 0 Å². The van der Waals surface area contributed by atoms with Gasteiger partial charge < -0.3 is 10.6 Å². The van der Waals surface area contributed by atoms with Gasteiger partial charge in [0.1, 0.15) is 0 Å². The summed E-state index contributed by atoms with van der Waals surface area (Å²) in [4.78, 5) is 12.1. The second-order valence-corrected chi connectivity index (χ2v) is 7.98. The zero-order chi connectivity index (χ0) is 14.3. The van der Waals surface area contributed by atoms with Gasteiger partial charge in [-0.25, -0.2) is 0 Å². The highest BCUT2D eigenvalue weighted by Gasteiger charge is 2.48. The molecule has 0 spiro atoms. The van der Waals surface area contributed by atoms with Crippen LogP contribution in [0.25, 0.3) is 0 Å². The zero-order valence-electron chi connectivity index (χ0n) is 13.2. The van der Waals surface area contributed by atoms with E-state index >= 15 is 0 Å². The zero-order valence-corrected chi connectivity index (χ0v) is 13.2. The molecule has 1 amide bonds. The molecule has 0 aromatic carbocycles. The van der Waals surface area contributed by atoms with Gasteiger partial charge in [0.05, 0.1) is 6.04 Å². The monoisotopic (exact) mass is 278 g/mol. The third-order valence-electron chi connectivity index (χ3n) is 5.75. The maximum atomic E-state index is 12.1. The molecule has 4 bridgehead atoms. The minimum absolute atomic E-state index is 0.0451. The molecule has 4 fully saturated rings. The van der Waals surface area contributed by atoms with Crippen LogP contribution in [0.2, 0.25) is 0 Å². The van der Waals surface area contributed by atoms with Crippen molar-refractivity contribution in [2.45, 2.75) is 65.0 Å². The van der Waals surface area contributed by atoms with Gasteiger partial charge in [0.2, 0.25) is 5.91 Å². The highest BCUT2D eigenvalue weighted by Crippen LogP contribution is 2.53. The van der Waals surface area contributed by atoms with E-state index in [1.165, 1.54) is 32.1 Å². The first kappa shape index (κ1) is 14.4. The van der Waals surface area contributed by atoms with Crippen molar-refractivity contribution in [3.63, 3.8) is 0 Å². The van der Waals surface area contributed by atoms with Crippen molar-refractivity contribution >= 4 is 5.91 Å². The smallest absolute Gasteiger partial charge is 0.236 e. The quantitative estimate of drug-likeness (QED) is 0.811. The standard InChI is InChI=1S/C17H30N2O/c1-10(2)9-18-17(20)11(3)19-16-14-5-12-4-13(7-14)8-15(16)6-12/h10-16,19H,4-9H2,1-3H3,(H,18,20). The van der Waals surface area contributed by atoms with Crippen LogP contribution >= 0.6 is 0 Å². The normalized spacial score (nSPS) is 40.1. The molecule has 2 N–H and O–H groups in total. The lowest BCUT2D eigenvalue weighted by atomic mass is 9.54. The van der Waals surface area contributed by atoms with Gasteiger partial charge in [-0.2, -0.15) is 0 Å². The highest BCUT2D eigenvalue weighted by molar-refractivity contribution is 5.81. The average molecular weight is 278 g/mol. The van der Waals surface area contributed by atoms with Crippen molar-refractivity contribution < 1.29 is 4.79 Å². The second-order valence-electron chi connectivity index (χ2n) is 7.98. The Hall–Kier alpha value is -0.570. The second kappa shape index (κ2) is 5.67. The SMILES string of the molecule is CC(C)CNC(=O)C(C)NC1C2CC3CC(C2)CC1C3.